The number of anilines is 1. The lowest BCUT2D eigenvalue weighted by Gasteiger charge is -2.13. The monoisotopic (exact) mass is 251 g/mol. The van der Waals surface area contributed by atoms with Crippen LogP contribution in [0.15, 0.2) is 18.3 Å². The topological polar surface area (TPSA) is 108 Å². The minimum Gasteiger partial charge on any atom is -0.478 e. The van der Waals surface area contributed by atoms with E-state index in [1.54, 1.807) is 0 Å². The molecule has 3 N–H and O–H groups in total. The number of carboxylic acid groups (broad SMARTS) is 1. The van der Waals surface area contributed by atoms with Gasteiger partial charge in [-0.2, -0.15) is 0 Å². The molecule has 0 aliphatic rings. The molecule has 1 aromatic rings. The lowest BCUT2D eigenvalue weighted by atomic mass is 10.2. The summed E-state index contributed by atoms with van der Waals surface area (Å²) < 4.78 is 0. The van der Waals surface area contributed by atoms with E-state index in [2.05, 4.69) is 15.6 Å². The highest BCUT2D eigenvalue weighted by Gasteiger charge is 2.17. The van der Waals surface area contributed by atoms with Gasteiger partial charge in [0.2, 0.25) is 11.8 Å². The maximum Gasteiger partial charge on any atom is 0.339 e. The van der Waals surface area contributed by atoms with Gasteiger partial charge in [0.1, 0.15) is 17.4 Å². The zero-order valence-electron chi connectivity index (χ0n) is 9.93. The molecule has 0 saturated carbocycles. The first-order chi connectivity index (χ1) is 8.41. The second kappa shape index (κ2) is 5.76. The van der Waals surface area contributed by atoms with Gasteiger partial charge in [-0.3, -0.25) is 9.59 Å². The van der Waals surface area contributed by atoms with Gasteiger partial charge in [0, 0.05) is 13.1 Å². The van der Waals surface area contributed by atoms with Gasteiger partial charge >= 0.3 is 5.97 Å². The summed E-state index contributed by atoms with van der Waals surface area (Å²) in [6.45, 7) is 2.77. The summed E-state index contributed by atoms with van der Waals surface area (Å²) in [7, 11) is 0. The van der Waals surface area contributed by atoms with Crippen LogP contribution in [0.4, 0.5) is 5.82 Å². The number of carbonyl (C=O) groups is 3. The summed E-state index contributed by atoms with van der Waals surface area (Å²) in [6, 6.07) is 2.01. The predicted molar refractivity (Wildman–Crippen MR) is 63.1 cm³/mol. The molecule has 1 heterocycles. The summed E-state index contributed by atoms with van der Waals surface area (Å²) in [4.78, 5) is 37.1. The van der Waals surface area contributed by atoms with E-state index in [4.69, 9.17) is 5.11 Å². The molecule has 0 radical (unpaired) electrons. The summed E-state index contributed by atoms with van der Waals surface area (Å²) in [6.07, 6.45) is 1.37. The van der Waals surface area contributed by atoms with Crippen molar-refractivity contribution in [2.45, 2.75) is 19.9 Å². The Bertz CT molecular complexity index is 487. The molecule has 0 spiro atoms. The number of aromatic nitrogens is 1. The van der Waals surface area contributed by atoms with Gasteiger partial charge in [-0.05, 0) is 19.1 Å². The van der Waals surface area contributed by atoms with Gasteiger partial charge in [0.15, 0.2) is 0 Å². The van der Waals surface area contributed by atoms with Crippen LogP contribution in [0, 0.1) is 0 Å². The Kier molecular flexibility index (Phi) is 4.36. The van der Waals surface area contributed by atoms with Gasteiger partial charge < -0.3 is 15.7 Å². The fourth-order valence-electron chi connectivity index (χ4n) is 1.27. The van der Waals surface area contributed by atoms with Crippen molar-refractivity contribution < 1.29 is 19.5 Å². The first-order valence-corrected chi connectivity index (χ1v) is 5.18. The Balaban J connectivity index is 2.82. The van der Waals surface area contributed by atoms with E-state index in [9.17, 15) is 14.4 Å². The molecule has 0 aliphatic heterocycles. The normalized spacial score (nSPS) is 11.4. The molecule has 0 bridgehead atoms. The third-order valence-corrected chi connectivity index (χ3v) is 2.09. The second-order valence-corrected chi connectivity index (χ2v) is 3.62. The minimum absolute atomic E-state index is 0.0489. The van der Waals surface area contributed by atoms with E-state index in [1.807, 2.05) is 0 Å². The Morgan fingerprint density at radius 3 is 2.61 bits per heavy atom. The van der Waals surface area contributed by atoms with Crippen LogP contribution in [0.5, 0.6) is 0 Å². The Labute approximate surface area is 103 Å². The van der Waals surface area contributed by atoms with Crippen molar-refractivity contribution in [2.24, 2.45) is 0 Å². The average Bonchev–Trinajstić information content (AvgIpc) is 2.28. The third kappa shape index (κ3) is 3.55. The number of pyridine rings is 1. The van der Waals surface area contributed by atoms with E-state index >= 15 is 0 Å². The van der Waals surface area contributed by atoms with Crippen LogP contribution in [-0.2, 0) is 9.59 Å². The number of carbonyl (C=O) groups excluding carboxylic acids is 2. The molecule has 0 aliphatic carbocycles. The lowest BCUT2D eigenvalue weighted by molar-refractivity contribution is -0.124. The molecule has 0 fully saturated rings. The zero-order valence-corrected chi connectivity index (χ0v) is 9.93. The Hall–Kier alpha value is -2.44. The Morgan fingerprint density at radius 2 is 2.06 bits per heavy atom. The molecule has 1 rings (SSSR count). The van der Waals surface area contributed by atoms with Crippen molar-refractivity contribution in [1.82, 2.24) is 10.3 Å². The van der Waals surface area contributed by atoms with Crippen LogP contribution in [0.1, 0.15) is 24.2 Å². The van der Waals surface area contributed by atoms with E-state index in [0.717, 1.165) is 0 Å². The summed E-state index contributed by atoms with van der Waals surface area (Å²) in [5, 5.41) is 13.6. The molecule has 7 heteroatoms. The largest absolute Gasteiger partial charge is 0.478 e. The van der Waals surface area contributed by atoms with Crippen molar-refractivity contribution in [3.8, 4) is 0 Å². The molecular formula is C11H13N3O4. The molecule has 96 valence electrons. The molecule has 7 nitrogen and oxygen atoms in total. The number of nitrogens with one attached hydrogen (secondary N) is 2. The first kappa shape index (κ1) is 13.6. The Morgan fingerprint density at radius 1 is 1.39 bits per heavy atom. The van der Waals surface area contributed by atoms with Crippen LogP contribution in [-0.4, -0.2) is 33.9 Å². The van der Waals surface area contributed by atoms with Crippen molar-refractivity contribution in [3.05, 3.63) is 23.9 Å². The van der Waals surface area contributed by atoms with Gasteiger partial charge in [0.25, 0.3) is 0 Å². The number of rotatable bonds is 4. The molecule has 2 amide bonds. The van der Waals surface area contributed by atoms with E-state index in [0.29, 0.717) is 0 Å². The SMILES string of the molecule is CC(=O)NC(C)C(=O)Nc1ncccc1C(=O)O. The maximum atomic E-state index is 11.7. The molecule has 18 heavy (non-hydrogen) atoms. The highest BCUT2D eigenvalue weighted by Crippen LogP contribution is 2.11. The number of hydrogen-bond donors (Lipinski definition) is 3. The van der Waals surface area contributed by atoms with Crippen molar-refractivity contribution >= 4 is 23.6 Å². The number of hydrogen-bond acceptors (Lipinski definition) is 4. The quantitative estimate of drug-likeness (QED) is 0.710. The van der Waals surface area contributed by atoms with Crippen molar-refractivity contribution in [1.29, 1.82) is 0 Å². The molecule has 1 unspecified atom stereocenters. The van der Waals surface area contributed by atoms with Gasteiger partial charge in [-0.25, -0.2) is 9.78 Å². The average molecular weight is 251 g/mol. The molecule has 0 saturated heterocycles. The van der Waals surface area contributed by atoms with Crippen LogP contribution < -0.4 is 10.6 Å². The fourth-order valence-corrected chi connectivity index (χ4v) is 1.27. The zero-order chi connectivity index (χ0) is 13.7. The highest BCUT2D eigenvalue weighted by molar-refractivity contribution is 6.01. The smallest absolute Gasteiger partial charge is 0.339 e. The molecule has 1 aromatic heterocycles. The van der Waals surface area contributed by atoms with Gasteiger partial charge in [-0.15, -0.1) is 0 Å². The van der Waals surface area contributed by atoms with Crippen LogP contribution in [0.2, 0.25) is 0 Å². The number of nitrogens with zero attached hydrogens (tertiary/aromatic N) is 1. The molecule has 0 aromatic carbocycles. The molecule has 1 atom stereocenters. The van der Waals surface area contributed by atoms with Crippen LogP contribution in [0.3, 0.4) is 0 Å². The van der Waals surface area contributed by atoms with Crippen molar-refractivity contribution in [3.63, 3.8) is 0 Å². The minimum atomic E-state index is -1.19. The number of carboxylic acids is 1. The number of aromatic carboxylic acids is 1. The summed E-state index contributed by atoms with van der Waals surface area (Å²) in [5.74, 6) is -2.12. The van der Waals surface area contributed by atoms with Crippen LogP contribution >= 0.6 is 0 Å². The first-order valence-electron chi connectivity index (χ1n) is 5.18. The maximum absolute atomic E-state index is 11.7. The highest BCUT2D eigenvalue weighted by atomic mass is 16.4. The third-order valence-electron chi connectivity index (χ3n) is 2.09. The standard InChI is InChI=1S/C11H13N3O4/c1-6(13-7(2)15)10(16)14-9-8(11(17)18)4-3-5-12-9/h3-6H,1-2H3,(H,13,15)(H,17,18)(H,12,14,16). The van der Waals surface area contributed by atoms with E-state index < -0.39 is 17.9 Å². The van der Waals surface area contributed by atoms with Crippen LogP contribution in [0.25, 0.3) is 0 Å². The van der Waals surface area contributed by atoms with E-state index in [-0.39, 0.29) is 17.3 Å². The van der Waals surface area contributed by atoms with Gasteiger partial charge in [0.05, 0.1) is 0 Å². The molecular weight excluding hydrogens is 238 g/mol. The predicted octanol–water partition coefficient (Wildman–Crippen LogP) is 0.243. The van der Waals surface area contributed by atoms with E-state index in [1.165, 1.54) is 32.2 Å². The van der Waals surface area contributed by atoms with Crippen molar-refractivity contribution in [2.75, 3.05) is 5.32 Å². The fraction of sp³-hybridized carbons (Fsp3) is 0.273. The number of amides is 2. The summed E-state index contributed by atoms with van der Waals surface area (Å²) in [5.41, 5.74) is -0.110. The second-order valence-electron chi connectivity index (χ2n) is 3.62. The summed E-state index contributed by atoms with van der Waals surface area (Å²) >= 11 is 0. The lowest BCUT2D eigenvalue weighted by Crippen LogP contribution is -2.40. The van der Waals surface area contributed by atoms with Gasteiger partial charge in [-0.1, -0.05) is 0 Å².